The van der Waals surface area contributed by atoms with Gasteiger partial charge >= 0.3 is 5.69 Å². The first-order valence-corrected chi connectivity index (χ1v) is 14.8. The predicted molar refractivity (Wildman–Crippen MR) is 160 cm³/mol. The van der Waals surface area contributed by atoms with Crippen molar-refractivity contribution in [3.05, 3.63) is 95.3 Å². The molecule has 3 aliphatic rings. The average Bonchev–Trinajstić information content (AvgIpc) is 3.65. The van der Waals surface area contributed by atoms with Gasteiger partial charge < -0.3 is 15.3 Å². The average molecular weight is 603 g/mol. The lowest BCUT2D eigenvalue weighted by Crippen LogP contribution is -2.52. The van der Waals surface area contributed by atoms with Crippen molar-refractivity contribution >= 4 is 34.4 Å². The van der Waals surface area contributed by atoms with Gasteiger partial charge in [-0.1, -0.05) is 19.2 Å². The fraction of sp³-hybridized carbons (Fsp3) is 0.300. The number of allylic oxidation sites excluding steroid dienone is 3. The van der Waals surface area contributed by atoms with Crippen molar-refractivity contribution in [2.45, 2.75) is 48.6 Å². The molecule has 2 N–H and O–H groups in total. The molecule has 220 valence electrons. The van der Waals surface area contributed by atoms with Gasteiger partial charge in [-0.05, 0) is 56.0 Å². The van der Waals surface area contributed by atoms with Crippen molar-refractivity contribution in [1.29, 1.82) is 0 Å². The monoisotopic (exact) mass is 602 g/mol. The Morgan fingerprint density at radius 2 is 1.91 bits per heavy atom. The normalized spacial score (nSPS) is 20.4. The summed E-state index contributed by atoms with van der Waals surface area (Å²) in [5.74, 6) is -1.09. The molecular weight excluding hydrogens is 574 g/mol. The number of rotatable bonds is 8. The summed E-state index contributed by atoms with van der Waals surface area (Å²) < 4.78 is 33.2. The van der Waals surface area contributed by atoms with E-state index in [1.165, 1.54) is 22.6 Å². The van der Waals surface area contributed by atoms with Crippen LogP contribution in [0.4, 0.5) is 14.6 Å². The summed E-state index contributed by atoms with van der Waals surface area (Å²) in [5, 5.41) is 18.7. The number of nitrogens with zero attached hydrogens (tertiary/aromatic N) is 7. The third kappa shape index (κ3) is 5.12. The second kappa shape index (κ2) is 10.7. The Balaban J connectivity index is 1.39. The molecule has 1 aromatic carbocycles. The van der Waals surface area contributed by atoms with Crippen LogP contribution in [0.3, 0.4) is 0 Å². The summed E-state index contributed by atoms with van der Waals surface area (Å²) >= 11 is 1.33. The van der Waals surface area contributed by atoms with Gasteiger partial charge in [0.25, 0.3) is 0 Å². The summed E-state index contributed by atoms with van der Waals surface area (Å²) in [5.41, 5.74) is -1.19. The van der Waals surface area contributed by atoms with Crippen molar-refractivity contribution in [3.63, 3.8) is 0 Å². The zero-order valence-corrected chi connectivity index (χ0v) is 23.9. The Bertz CT molecular complexity index is 1870. The van der Waals surface area contributed by atoms with E-state index in [1.54, 1.807) is 28.6 Å². The number of benzene rings is 1. The molecule has 3 aromatic heterocycles. The third-order valence-electron chi connectivity index (χ3n) is 7.98. The van der Waals surface area contributed by atoms with E-state index in [1.807, 2.05) is 11.0 Å². The molecular formula is C30H28F2N8O2S. The zero-order valence-electron chi connectivity index (χ0n) is 23.1. The molecule has 4 aromatic rings. The maximum absolute atomic E-state index is 15.7. The number of aliphatic hydroxyl groups excluding tert-OH is 1. The number of fused-ring (bicyclic) bond motifs is 3. The second-order valence-corrected chi connectivity index (χ2v) is 12.1. The summed E-state index contributed by atoms with van der Waals surface area (Å²) in [7, 11) is 0. The largest absolute Gasteiger partial charge is 0.507 e. The van der Waals surface area contributed by atoms with E-state index >= 15 is 4.39 Å². The highest BCUT2D eigenvalue weighted by Crippen LogP contribution is 2.38. The van der Waals surface area contributed by atoms with Crippen molar-refractivity contribution in [1.82, 2.24) is 34.0 Å². The number of pyridine rings is 1. The highest BCUT2D eigenvalue weighted by molar-refractivity contribution is 7.97. The lowest BCUT2D eigenvalue weighted by atomic mass is 10.1. The van der Waals surface area contributed by atoms with Crippen molar-refractivity contribution in [2.24, 2.45) is 0 Å². The van der Waals surface area contributed by atoms with Crippen LogP contribution in [0.25, 0.3) is 22.3 Å². The van der Waals surface area contributed by atoms with Crippen LogP contribution in [0.2, 0.25) is 0 Å². The van der Waals surface area contributed by atoms with Gasteiger partial charge in [-0.3, -0.25) is 0 Å². The molecule has 3 fully saturated rings. The van der Waals surface area contributed by atoms with E-state index < -0.39 is 34.4 Å². The number of halogens is 2. The Labute approximate surface area is 249 Å². The minimum absolute atomic E-state index is 0.0619. The molecule has 2 unspecified atom stereocenters. The number of piperazine rings is 1. The van der Waals surface area contributed by atoms with Gasteiger partial charge in [-0.15, -0.1) is 5.10 Å². The van der Waals surface area contributed by atoms with E-state index in [4.69, 9.17) is 0 Å². The van der Waals surface area contributed by atoms with Crippen LogP contribution >= 0.6 is 11.9 Å². The van der Waals surface area contributed by atoms with Gasteiger partial charge in [0.15, 0.2) is 17.3 Å². The summed E-state index contributed by atoms with van der Waals surface area (Å²) in [6.45, 7) is 7.91. The smallest absolute Gasteiger partial charge is 0.355 e. The SMILES string of the molecule is C=C/C(O)=C(\C(=C)F)c1nc2c(cc1F)c(N1CC3CCC(C1)N3)nc(=O)n2-c1cccc(Sn2cnc(C3CC3)n2)c1. The van der Waals surface area contributed by atoms with Gasteiger partial charge in [0.1, 0.15) is 29.4 Å². The van der Waals surface area contributed by atoms with Crippen LogP contribution in [-0.4, -0.2) is 59.0 Å². The molecule has 2 atom stereocenters. The highest BCUT2D eigenvalue weighted by atomic mass is 32.2. The first-order valence-electron chi connectivity index (χ1n) is 14.0. The Hall–Kier alpha value is -4.36. The number of aliphatic hydroxyl groups is 1. The molecule has 2 aliphatic heterocycles. The van der Waals surface area contributed by atoms with Crippen LogP contribution in [0.15, 0.2) is 77.2 Å². The topological polar surface area (TPSA) is 114 Å². The Morgan fingerprint density at radius 3 is 2.60 bits per heavy atom. The van der Waals surface area contributed by atoms with Gasteiger partial charge in [0, 0.05) is 47.9 Å². The number of hydrogen-bond acceptors (Lipinski definition) is 9. The Kier molecular flexibility index (Phi) is 6.85. The number of hydrogen-bond donors (Lipinski definition) is 2. The first-order chi connectivity index (χ1) is 20.8. The maximum atomic E-state index is 15.7. The molecule has 0 amide bonds. The molecule has 0 spiro atoms. The van der Waals surface area contributed by atoms with E-state index in [0.717, 1.165) is 42.5 Å². The summed E-state index contributed by atoms with van der Waals surface area (Å²) in [6.07, 6.45) is 6.81. The second-order valence-electron chi connectivity index (χ2n) is 11.0. The lowest BCUT2D eigenvalue weighted by molar-refractivity contribution is 0.432. The number of nitrogens with one attached hydrogen (secondary N) is 1. The zero-order chi connectivity index (χ0) is 29.8. The molecule has 5 heterocycles. The van der Waals surface area contributed by atoms with Crippen LogP contribution in [-0.2, 0) is 0 Å². The van der Waals surface area contributed by atoms with Crippen LogP contribution < -0.4 is 15.9 Å². The van der Waals surface area contributed by atoms with Crippen molar-refractivity contribution in [3.8, 4) is 5.69 Å². The molecule has 0 radical (unpaired) electrons. The molecule has 13 heteroatoms. The fourth-order valence-electron chi connectivity index (χ4n) is 5.84. The van der Waals surface area contributed by atoms with E-state index in [2.05, 4.69) is 38.5 Å². The van der Waals surface area contributed by atoms with Gasteiger partial charge in [0.05, 0.1) is 16.6 Å². The first kappa shape index (κ1) is 27.5. The minimum atomic E-state index is -1.10. The maximum Gasteiger partial charge on any atom is 0.355 e. The third-order valence-corrected chi connectivity index (χ3v) is 8.81. The molecule has 43 heavy (non-hydrogen) atoms. The standard InChI is InChI=1S/C30H28F2N8O2S/c1-3-24(41)25(16(2)31)26-23(32)12-22-28(38-13-18-9-10-19(14-38)34-18)36-30(42)40(29(22)35-26)20-5-4-6-21(11-20)43-39-15-33-27(37-39)17-7-8-17/h3-6,11-12,15,17-19,34,41H,1-2,7-10,13-14H2/b25-24-. The molecule has 2 bridgehead atoms. The molecule has 2 saturated heterocycles. The molecule has 10 nitrogen and oxygen atoms in total. The quantitative estimate of drug-likeness (QED) is 0.216. The fourth-order valence-corrected chi connectivity index (χ4v) is 6.58. The van der Waals surface area contributed by atoms with E-state index in [-0.39, 0.29) is 23.1 Å². The van der Waals surface area contributed by atoms with Gasteiger partial charge in [-0.2, -0.15) is 9.07 Å². The minimum Gasteiger partial charge on any atom is -0.507 e. The van der Waals surface area contributed by atoms with Crippen LogP contribution in [0.5, 0.6) is 0 Å². The van der Waals surface area contributed by atoms with E-state index in [9.17, 15) is 14.3 Å². The highest BCUT2D eigenvalue weighted by Gasteiger charge is 2.34. The summed E-state index contributed by atoms with van der Waals surface area (Å²) in [6, 6.07) is 8.78. The predicted octanol–water partition coefficient (Wildman–Crippen LogP) is 4.82. The van der Waals surface area contributed by atoms with Crippen LogP contribution in [0, 0.1) is 5.82 Å². The van der Waals surface area contributed by atoms with Crippen LogP contribution in [0.1, 0.15) is 43.1 Å². The molecule has 1 saturated carbocycles. The van der Waals surface area contributed by atoms with Crippen molar-refractivity contribution in [2.75, 3.05) is 18.0 Å². The van der Waals surface area contributed by atoms with Gasteiger partial charge in [-0.25, -0.2) is 28.1 Å². The number of aromatic nitrogens is 6. The molecule has 1 aliphatic carbocycles. The van der Waals surface area contributed by atoms with Gasteiger partial charge in [0.2, 0.25) is 0 Å². The van der Waals surface area contributed by atoms with Crippen molar-refractivity contribution < 1.29 is 13.9 Å². The molecule has 7 rings (SSSR count). The Morgan fingerprint density at radius 1 is 1.14 bits per heavy atom. The number of anilines is 1. The lowest BCUT2D eigenvalue weighted by Gasteiger charge is -2.34. The van der Waals surface area contributed by atoms with E-state index in [0.29, 0.717) is 30.5 Å². The summed E-state index contributed by atoms with van der Waals surface area (Å²) in [4.78, 5) is 29.8.